The lowest BCUT2D eigenvalue weighted by molar-refractivity contribution is -0.136. The van der Waals surface area contributed by atoms with Gasteiger partial charge in [0.15, 0.2) is 0 Å². The number of alkyl halides is 2. The van der Waals surface area contributed by atoms with Gasteiger partial charge in [0, 0.05) is 62.9 Å². The molecule has 3 aromatic heterocycles. The molecule has 0 aliphatic carbocycles. The minimum atomic E-state index is -3.16. The maximum Gasteiger partial charge on any atom is 0.335 e. The molecule has 1 fully saturated rings. The molecule has 1 unspecified atom stereocenters. The Labute approximate surface area is 328 Å². The lowest BCUT2D eigenvalue weighted by atomic mass is 9.98. The molecule has 1 saturated heterocycles. The van der Waals surface area contributed by atoms with Gasteiger partial charge in [-0.05, 0) is 60.0 Å². The van der Waals surface area contributed by atoms with Crippen LogP contribution in [-0.4, -0.2) is 75.4 Å². The van der Waals surface area contributed by atoms with E-state index in [0.29, 0.717) is 35.2 Å². The molecule has 298 valence electrons. The smallest absolute Gasteiger partial charge is 0.335 e. The van der Waals surface area contributed by atoms with Crippen molar-refractivity contribution in [3.63, 3.8) is 0 Å². The summed E-state index contributed by atoms with van der Waals surface area (Å²) in [5.41, 5.74) is 0.937. The highest BCUT2D eigenvalue weighted by Gasteiger charge is 2.41. The van der Waals surface area contributed by atoms with Gasteiger partial charge in [0.05, 0.1) is 53.7 Å². The molecule has 1 amide bonds. The van der Waals surface area contributed by atoms with Gasteiger partial charge in [-0.25, -0.2) is 27.3 Å². The third-order valence-corrected chi connectivity index (χ3v) is 10.6. The van der Waals surface area contributed by atoms with Gasteiger partial charge in [-0.15, -0.1) is 0 Å². The van der Waals surface area contributed by atoms with E-state index in [1.165, 1.54) is 60.2 Å². The summed E-state index contributed by atoms with van der Waals surface area (Å²) >= 11 is 0. The van der Waals surface area contributed by atoms with Gasteiger partial charge in [0.2, 0.25) is 0 Å². The molecule has 5 heterocycles. The van der Waals surface area contributed by atoms with Crippen LogP contribution in [0.3, 0.4) is 0 Å². The van der Waals surface area contributed by atoms with E-state index in [-0.39, 0.29) is 65.3 Å². The van der Waals surface area contributed by atoms with Gasteiger partial charge >= 0.3 is 11.7 Å². The summed E-state index contributed by atoms with van der Waals surface area (Å²) in [5.74, 6) is -5.23. The van der Waals surface area contributed by atoms with Crippen molar-refractivity contribution >= 4 is 39.4 Å². The number of carbonyl (C=O) groups excluding carboxylic acids is 2. The highest BCUT2D eigenvalue weighted by atomic mass is 19.3. The van der Waals surface area contributed by atoms with Gasteiger partial charge < -0.3 is 24.4 Å². The lowest BCUT2D eigenvalue weighted by Crippen LogP contribution is -2.54. The van der Waals surface area contributed by atoms with Crippen molar-refractivity contribution in [1.29, 1.82) is 0 Å². The molecular formula is C42H37F3N6O7. The average Bonchev–Trinajstić information content (AvgIpc) is 3.68. The highest BCUT2D eigenvalue weighted by Crippen LogP contribution is 2.33. The van der Waals surface area contributed by atoms with Crippen LogP contribution in [0.1, 0.15) is 34.0 Å². The van der Waals surface area contributed by atoms with Crippen LogP contribution in [-0.2, 0) is 29.4 Å². The quantitative estimate of drug-likeness (QED) is 0.160. The average molecular weight is 795 g/mol. The maximum absolute atomic E-state index is 16.0. The number of ether oxygens (including phenoxy) is 3. The first kappa shape index (κ1) is 38.3. The van der Waals surface area contributed by atoms with Crippen molar-refractivity contribution in [1.82, 2.24) is 24.4 Å². The van der Waals surface area contributed by atoms with Gasteiger partial charge in [-0.2, -0.15) is 0 Å². The zero-order valence-electron chi connectivity index (χ0n) is 31.6. The number of nitrogens with one attached hydrogen (secondary N) is 1. The van der Waals surface area contributed by atoms with Gasteiger partial charge in [-0.3, -0.25) is 24.1 Å². The normalized spacial score (nSPS) is 15.9. The van der Waals surface area contributed by atoms with Gasteiger partial charge in [0.25, 0.3) is 17.4 Å². The van der Waals surface area contributed by atoms with E-state index in [2.05, 4.69) is 15.3 Å². The third kappa shape index (κ3) is 7.04. The Kier molecular flexibility index (Phi) is 9.97. The molecule has 6 aromatic rings. The van der Waals surface area contributed by atoms with E-state index in [9.17, 15) is 28.0 Å². The first-order chi connectivity index (χ1) is 27.8. The minimum Gasteiger partial charge on any atom is -0.493 e. The number of esters is 1. The number of halogens is 3. The Bertz CT molecular complexity index is 2730. The largest absolute Gasteiger partial charge is 0.493 e. The summed E-state index contributed by atoms with van der Waals surface area (Å²) < 4.78 is 64.1. The molecule has 0 saturated carbocycles. The Balaban J connectivity index is 1.16. The Morgan fingerprint density at radius 2 is 1.88 bits per heavy atom. The van der Waals surface area contributed by atoms with Crippen LogP contribution in [0, 0.1) is 12.7 Å². The molecule has 2 aliphatic rings. The zero-order valence-corrected chi connectivity index (χ0v) is 31.6. The van der Waals surface area contributed by atoms with E-state index >= 15 is 4.39 Å². The highest BCUT2D eigenvalue weighted by molar-refractivity contribution is 5.99. The number of aryl methyl sites for hydroxylation is 2. The molecule has 58 heavy (non-hydrogen) atoms. The second kappa shape index (κ2) is 15.1. The van der Waals surface area contributed by atoms with Crippen molar-refractivity contribution in [3.8, 4) is 17.2 Å². The Morgan fingerprint density at radius 3 is 2.67 bits per heavy atom. The summed E-state index contributed by atoms with van der Waals surface area (Å²) in [6.45, 7) is 2.72. The van der Waals surface area contributed by atoms with Crippen molar-refractivity contribution < 1.29 is 37.0 Å². The molecule has 0 spiro atoms. The SMILES string of the molecule is Cc1cc(N2CCOC[C@@H]2C(C)(F)F)cc(F)c1C(=O)NC(Cc1ccc(-n2c(=O)c3ccncc3n(C)c2=O)c2ncccc12)C(=O)Oc1ccc2c(c1)OCC2. The minimum absolute atomic E-state index is 0.0866. The standard InChI is InChI=1S/C42H37F3N6O7/c1-23-17-26(50-14-16-56-22-35(50)42(2,44)45)19-30(43)36(23)38(52)48-31(40(54)58-27-8-6-24-11-15-57-34(24)20-27)18-25-7-9-32(37-28(25)5-4-12-47-37)51-39(53)29-10-13-46-21-33(29)49(3)41(51)55/h4-10,12-13,17,19-21,31,35H,11,14-16,18,22H2,1-3H3,(H,48,52)/t31?,35-/m1/s1. The number of rotatable bonds is 9. The fraction of sp³-hybridized carbons (Fsp3) is 0.286. The number of hydrogen-bond acceptors (Lipinski definition) is 10. The summed E-state index contributed by atoms with van der Waals surface area (Å²) in [6.07, 6.45) is 4.89. The second-order valence-electron chi connectivity index (χ2n) is 14.4. The van der Waals surface area contributed by atoms with Gasteiger partial charge in [-0.1, -0.05) is 18.2 Å². The van der Waals surface area contributed by atoms with Gasteiger partial charge in [0.1, 0.15) is 29.4 Å². The number of carbonyl (C=O) groups is 2. The number of benzene rings is 3. The second-order valence-corrected chi connectivity index (χ2v) is 14.4. The zero-order chi connectivity index (χ0) is 40.9. The number of morpholine rings is 1. The van der Waals surface area contributed by atoms with E-state index < -0.39 is 46.9 Å². The topological polar surface area (TPSA) is 147 Å². The fourth-order valence-electron chi connectivity index (χ4n) is 7.64. The van der Waals surface area contributed by atoms with E-state index in [1.54, 1.807) is 36.4 Å². The van der Waals surface area contributed by atoms with E-state index in [0.717, 1.165) is 23.1 Å². The Morgan fingerprint density at radius 1 is 1.05 bits per heavy atom. The number of fused-ring (bicyclic) bond motifs is 3. The Hall–Kier alpha value is -6.55. The van der Waals surface area contributed by atoms with Crippen molar-refractivity contribution in [2.45, 2.75) is 44.7 Å². The molecule has 8 rings (SSSR count). The van der Waals surface area contributed by atoms with Crippen LogP contribution >= 0.6 is 0 Å². The van der Waals surface area contributed by atoms with Crippen LogP contribution in [0.4, 0.5) is 18.9 Å². The summed E-state index contributed by atoms with van der Waals surface area (Å²) in [5, 5.41) is 3.37. The summed E-state index contributed by atoms with van der Waals surface area (Å²) in [7, 11) is 1.53. The number of pyridine rings is 2. The molecule has 13 nitrogen and oxygen atoms in total. The summed E-state index contributed by atoms with van der Waals surface area (Å²) in [6, 6.07) is 12.7. The van der Waals surface area contributed by atoms with E-state index in [4.69, 9.17) is 14.2 Å². The number of anilines is 1. The fourth-order valence-corrected chi connectivity index (χ4v) is 7.64. The molecule has 16 heteroatoms. The van der Waals surface area contributed by atoms with Crippen LogP contribution in [0.25, 0.3) is 27.5 Å². The molecular weight excluding hydrogens is 757 g/mol. The van der Waals surface area contributed by atoms with Crippen LogP contribution in [0.2, 0.25) is 0 Å². The first-order valence-corrected chi connectivity index (χ1v) is 18.5. The molecule has 3 aromatic carbocycles. The number of aromatic nitrogens is 4. The number of amides is 1. The molecule has 2 aliphatic heterocycles. The van der Waals surface area contributed by atoms with Crippen LogP contribution in [0.5, 0.6) is 11.5 Å². The molecule has 0 radical (unpaired) electrons. The van der Waals surface area contributed by atoms with Crippen molar-refractivity contribution in [3.05, 3.63) is 128 Å². The van der Waals surface area contributed by atoms with Crippen molar-refractivity contribution in [2.75, 3.05) is 31.3 Å². The molecule has 2 atom stereocenters. The predicted molar refractivity (Wildman–Crippen MR) is 208 cm³/mol. The monoisotopic (exact) mass is 794 g/mol. The summed E-state index contributed by atoms with van der Waals surface area (Å²) in [4.78, 5) is 65.3. The predicted octanol–water partition coefficient (Wildman–Crippen LogP) is 4.82. The number of nitrogens with zero attached hydrogens (tertiary/aromatic N) is 5. The van der Waals surface area contributed by atoms with Crippen LogP contribution in [0.15, 0.2) is 88.8 Å². The lowest BCUT2D eigenvalue weighted by Gasteiger charge is -2.40. The van der Waals surface area contributed by atoms with Crippen LogP contribution < -0.4 is 30.9 Å². The molecule has 1 N–H and O–H groups in total. The first-order valence-electron chi connectivity index (χ1n) is 18.5. The van der Waals surface area contributed by atoms with Crippen molar-refractivity contribution in [2.24, 2.45) is 7.05 Å². The molecule has 0 bridgehead atoms. The maximum atomic E-state index is 16.0. The third-order valence-electron chi connectivity index (χ3n) is 10.6. The van der Waals surface area contributed by atoms with E-state index in [1.807, 2.05) is 0 Å². The number of hydrogen-bond donors (Lipinski definition) is 1.